The molecular formula is C26H41N6O13P. The maximum absolute atomic E-state index is 13.5. The molecule has 46 heavy (non-hydrogen) atoms. The molecule has 0 aliphatic rings. The molecule has 0 bridgehead atoms. The number of rotatable bonds is 19. The molecule has 1 aromatic carbocycles. The van der Waals surface area contributed by atoms with Crippen LogP contribution in [0.5, 0.6) is 5.75 Å². The molecule has 0 fully saturated rings. The number of aliphatic hydroxyl groups excluding tert-OH is 1. The average Bonchev–Trinajstić information content (AvgIpc) is 2.94. The van der Waals surface area contributed by atoms with Gasteiger partial charge in [-0.1, -0.05) is 26.0 Å². The van der Waals surface area contributed by atoms with Crippen molar-refractivity contribution >= 4 is 43.3 Å². The summed E-state index contributed by atoms with van der Waals surface area (Å²) in [5.41, 5.74) is 11.1. The molecular weight excluding hydrogens is 635 g/mol. The molecule has 0 aromatic heterocycles. The van der Waals surface area contributed by atoms with Gasteiger partial charge in [0, 0.05) is 12.8 Å². The Balaban J connectivity index is 3.35. The number of nitrogens with one attached hydrogen (secondary N) is 4. The number of primary amides is 1. The number of phosphoric ester groups is 1. The van der Waals surface area contributed by atoms with Crippen molar-refractivity contribution in [2.24, 2.45) is 17.4 Å². The Kier molecular flexibility index (Phi) is 15.7. The zero-order valence-corrected chi connectivity index (χ0v) is 26.2. The molecule has 258 valence electrons. The Hall–Kier alpha value is -4.13. The summed E-state index contributed by atoms with van der Waals surface area (Å²) in [5.74, 6) is -7.25. The number of carbonyl (C=O) groups excluding carboxylic acids is 5. The molecule has 6 atom stereocenters. The predicted octanol–water partition coefficient (Wildman–Crippen LogP) is -3.30. The van der Waals surface area contributed by atoms with Gasteiger partial charge in [0.2, 0.25) is 29.5 Å². The number of aliphatic hydroxyl groups is 1. The molecule has 0 unspecified atom stereocenters. The summed E-state index contributed by atoms with van der Waals surface area (Å²) in [7, 11) is -5.23. The monoisotopic (exact) mass is 676 g/mol. The fourth-order valence-corrected chi connectivity index (χ4v) is 4.49. The third-order valence-electron chi connectivity index (χ3n) is 6.45. The number of benzene rings is 1. The Morgan fingerprint density at radius 3 is 1.85 bits per heavy atom. The van der Waals surface area contributed by atoms with Gasteiger partial charge in [0.05, 0.1) is 18.8 Å². The van der Waals surface area contributed by atoms with E-state index in [2.05, 4.69) is 25.8 Å². The highest BCUT2D eigenvalue weighted by molar-refractivity contribution is 7.46. The molecule has 19 nitrogen and oxygen atoms in total. The van der Waals surface area contributed by atoms with Crippen molar-refractivity contribution in [3.63, 3.8) is 0 Å². The summed E-state index contributed by atoms with van der Waals surface area (Å²) < 4.78 is 16.1. The number of hydrogen-bond acceptors (Lipinski definition) is 11. The third-order valence-corrected chi connectivity index (χ3v) is 7.05. The van der Waals surface area contributed by atoms with Crippen molar-refractivity contribution < 1.29 is 63.0 Å². The molecule has 0 aliphatic heterocycles. The van der Waals surface area contributed by atoms with Crippen LogP contribution in [0.4, 0.5) is 0 Å². The lowest BCUT2D eigenvalue weighted by Crippen LogP contribution is -2.61. The zero-order valence-electron chi connectivity index (χ0n) is 25.3. The van der Waals surface area contributed by atoms with Crippen molar-refractivity contribution in [2.75, 3.05) is 6.61 Å². The lowest BCUT2D eigenvalue weighted by Gasteiger charge is -2.29. The normalized spacial score (nSPS) is 15.4. The predicted molar refractivity (Wildman–Crippen MR) is 158 cm³/mol. The number of amides is 5. The minimum Gasteiger partial charge on any atom is -0.508 e. The van der Waals surface area contributed by atoms with Crippen molar-refractivity contribution in [1.29, 1.82) is 0 Å². The first-order valence-corrected chi connectivity index (χ1v) is 15.4. The highest BCUT2D eigenvalue weighted by Crippen LogP contribution is 2.38. The number of phosphoric acid groups is 1. The number of carbonyl (C=O) groups is 6. The molecule has 0 saturated heterocycles. The van der Waals surface area contributed by atoms with Crippen LogP contribution in [0, 0.1) is 5.92 Å². The molecule has 20 heteroatoms. The van der Waals surface area contributed by atoms with Crippen LogP contribution < -0.4 is 32.7 Å². The van der Waals surface area contributed by atoms with Crippen LogP contribution in [-0.2, 0) is 44.3 Å². The lowest BCUT2D eigenvalue weighted by atomic mass is 10.0. The van der Waals surface area contributed by atoms with Crippen LogP contribution in [0.15, 0.2) is 24.3 Å². The van der Waals surface area contributed by atoms with E-state index in [1.54, 1.807) is 0 Å². The summed E-state index contributed by atoms with van der Waals surface area (Å²) in [4.78, 5) is 93.4. The molecule has 1 rings (SSSR count). The van der Waals surface area contributed by atoms with Gasteiger partial charge in [0.15, 0.2) is 0 Å². The molecule has 0 radical (unpaired) electrons. The van der Waals surface area contributed by atoms with Gasteiger partial charge in [0.1, 0.15) is 29.9 Å². The van der Waals surface area contributed by atoms with Gasteiger partial charge in [-0.25, -0.2) is 9.36 Å². The fourth-order valence-electron chi connectivity index (χ4n) is 3.94. The summed E-state index contributed by atoms with van der Waals surface area (Å²) in [6.45, 7) is 3.03. The Morgan fingerprint density at radius 2 is 1.37 bits per heavy atom. The van der Waals surface area contributed by atoms with E-state index in [9.17, 15) is 58.4 Å². The Morgan fingerprint density at radius 1 is 0.848 bits per heavy atom. The average molecular weight is 677 g/mol. The van der Waals surface area contributed by atoms with Crippen molar-refractivity contribution in [3.05, 3.63) is 29.8 Å². The summed E-state index contributed by atoms with van der Waals surface area (Å²) in [6.07, 6.45) is -2.44. The van der Waals surface area contributed by atoms with E-state index in [4.69, 9.17) is 11.5 Å². The maximum Gasteiger partial charge on any atom is 0.469 e. The summed E-state index contributed by atoms with van der Waals surface area (Å²) >= 11 is 0. The summed E-state index contributed by atoms with van der Waals surface area (Å²) in [5, 5.41) is 37.8. The van der Waals surface area contributed by atoms with Crippen LogP contribution >= 0.6 is 7.82 Å². The third kappa shape index (κ3) is 13.9. The van der Waals surface area contributed by atoms with E-state index in [0.717, 1.165) is 6.92 Å². The van der Waals surface area contributed by atoms with Crippen molar-refractivity contribution in [1.82, 2.24) is 21.3 Å². The first-order chi connectivity index (χ1) is 21.2. The molecule has 1 aromatic rings. The maximum atomic E-state index is 13.5. The highest BCUT2D eigenvalue weighted by atomic mass is 31.2. The van der Waals surface area contributed by atoms with Gasteiger partial charge >= 0.3 is 13.8 Å². The lowest BCUT2D eigenvalue weighted by molar-refractivity contribution is -0.144. The zero-order chi connectivity index (χ0) is 35.4. The minimum atomic E-state index is -5.23. The molecule has 0 heterocycles. The number of phenols is 1. The van der Waals surface area contributed by atoms with E-state index in [0.29, 0.717) is 5.56 Å². The second-order valence-electron chi connectivity index (χ2n) is 10.6. The van der Waals surface area contributed by atoms with E-state index < -0.39 is 92.2 Å². The van der Waals surface area contributed by atoms with Gasteiger partial charge in [-0.05, 0) is 37.0 Å². The molecule has 13 N–H and O–H groups in total. The van der Waals surface area contributed by atoms with Crippen molar-refractivity contribution in [3.8, 4) is 5.75 Å². The van der Waals surface area contributed by atoms with Gasteiger partial charge in [0.25, 0.3) is 0 Å². The Labute approximate surface area is 263 Å². The number of nitrogens with two attached hydrogens (primary N) is 2. The smallest absolute Gasteiger partial charge is 0.469 e. The van der Waals surface area contributed by atoms with Gasteiger partial charge < -0.3 is 57.8 Å². The number of aromatic hydroxyl groups is 1. The number of carboxylic acids is 1. The van der Waals surface area contributed by atoms with Crippen LogP contribution in [0.1, 0.15) is 39.2 Å². The first-order valence-electron chi connectivity index (χ1n) is 13.9. The van der Waals surface area contributed by atoms with Crippen LogP contribution in [-0.4, -0.2) is 104 Å². The number of phenolic OH excluding ortho intramolecular Hbond substituents is 1. The number of hydrogen-bond donors (Lipinski definition) is 11. The van der Waals surface area contributed by atoms with Gasteiger partial charge in [-0.2, -0.15) is 0 Å². The van der Waals surface area contributed by atoms with Crippen LogP contribution in [0.2, 0.25) is 0 Å². The molecule has 0 spiro atoms. The quantitative estimate of drug-likeness (QED) is 0.0640. The Bertz CT molecular complexity index is 1290. The van der Waals surface area contributed by atoms with Crippen molar-refractivity contribution in [2.45, 2.75) is 76.3 Å². The standard InChI is InChI=1S/C26H41N6O13P/c1-12(2)20(26(40)41)31-25(39)21(13(3)45-46(42,43)44)32-23(37)17(10-14-4-6-15(34)7-5-14)29-24(38)18(11-33)30-22(36)16(27)8-9-19(28)35/h4-7,12-13,16-18,20-21,33-34H,8-11,27H2,1-3H3,(H2,28,35)(H,29,38)(H,30,36)(H,31,39)(H,32,37)(H,40,41)(H2,42,43,44)/t13-,16+,17+,18+,20+,21+/m1/s1. The fraction of sp³-hybridized carbons (Fsp3) is 0.538. The number of aliphatic carboxylic acids is 1. The van der Waals surface area contributed by atoms with Crippen LogP contribution in [0.3, 0.4) is 0 Å². The SMILES string of the molecule is CC(C)[C@H](NC(=O)[C@@H](NC(=O)[C@H](Cc1ccc(O)cc1)NC(=O)[C@H](CO)NC(=O)[C@@H](N)CCC(N)=O)[C@@H](C)OP(=O)(O)O)C(=O)O. The molecule has 5 amide bonds. The second-order valence-corrected chi connectivity index (χ2v) is 11.8. The second kappa shape index (κ2) is 18.1. The number of carboxylic acid groups (broad SMARTS) is 1. The van der Waals surface area contributed by atoms with E-state index in [1.165, 1.54) is 38.1 Å². The van der Waals surface area contributed by atoms with E-state index >= 15 is 0 Å². The van der Waals surface area contributed by atoms with Gasteiger partial charge in [-0.15, -0.1) is 0 Å². The van der Waals surface area contributed by atoms with E-state index in [1.807, 2.05) is 0 Å². The topological polar surface area (TPSA) is 330 Å². The summed E-state index contributed by atoms with van der Waals surface area (Å²) in [6, 6.07) is -2.54. The minimum absolute atomic E-state index is 0.122. The highest BCUT2D eigenvalue weighted by Gasteiger charge is 2.37. The first kappa shape index (κ1) is 39.9. The largest absolute Gasteiger partial charge is 0.508 e. The van der Waals surface area contributed by atoms with Crippen LogP contribution in [0.25, 0.3) is 0 Å². The molecule has 0 aliphatic carbocycles. The van der Waals surface area contributed by atoms with Gasteiger partial charge in [-0.3, -0.25) is 28.5 Å². The van der Waals surface area contributed by atoms with E-state index in [-0.39, 0.29) is 25.0 Å². The molecule has 0 saturated carbocycles.